The van der Waals surface area contributed by atoms with Crippen LogP contribution in [0.2, 0.25) is 0 Å². The van der Waals surface area contributed by atoms with E-state index >= 15 is 0 Å². The number of aliphatic hydroxyl groups excluding tert-OH is 1. The number of hydrogen-bond donors (Lipinski definition) is 2. The van der Waals surface area contributed by atoms with Crippen LogP contribution in [0.3, 0.4) is 0 Å². The molecule has 2 aromatic rings. The van der Waals surface area contributed by atoms with Crippen molar-refractivity contribution in [3.05, 3.63) is 65.5 Å². The van der Waals surface area contributed by atoms with Crippen molar-refractivity contribution in [2.45, 2.75) is 11.7 Å². The molecule has 2 rings (SSSR count). The Morgan fingerprint density at radius 1 is 0.957 bits per heavy atom. The van der Waals surface area contributed by atoms with Gasteiger partial charge >= 0.3 is 6.18 Å². The van der Waals surface area contributed by atoms with E-state index in [2.05, 4.69) is 11.2 Å². The van der Waals surface area contributed by atoms with Crippen LogP contribution in [0.4, 0.5) is 23.2 Å². The lowest BCUT2D eigenvalue weighted by Crippen LogP contribution is -2.37. The van der Waals surface area contributed by atoms with E-state index in [9.17, 15) is 22.7 Å². The van der Waals surface area contributed by atoms with E-state index in [-0.39, 0.29) is 0 Å². The standard InChI is InChI=1S/C17H13F4NO/c1-2-16(11-23,12-3-7-14(18)8-4-12)22-15-9-5-13(6-10-15)17(19,20)21/h1,3-10,22-23H,11H2/t16-/m0/s1. The number of rotatable bonds is 4. The van der Waals surface area contributed by atoms with Gasteiger partial charge in [0.05, 0.1) is 12.2 Å². The summed E-state index contributed by atoms with van der Waals surface area (Å²) in [5.74, 6) is 1.92. The van der Waals surface area contributed by atoms with Crippen LogP contribution in [0.1, 0.15) is 11.1 Å². The molecule has 1 atom stereocenters. The summed E-state index contributed by atoms with van der Waals surface area (Å²) < 4.78 is 50.7. The van der Waals surface area contributed by atoms with Crippen LogP contribution in [0.5, 0.6) is 0 Å². The fraction of sp³-hybridized carbons (Fsp3) is 0.176. The van der Waals surface area contributed by atoms with Crippen molar-refractivity contribution < 1.29 is 22.7 Å². The minimum Gasteiger partial charge on any atom is -0.393 e. The second kappa shape index (κ2) is 6.31. The van der Waals surface area contributed by atoms with Gasteiger partial charge in [0.15, 0.2) is 0 Å². The quantitative estimate of drug-likeness (QED) is 0.663. The Bertz CT molecular complexity index is 701. The van der Waals surface area contributed by atoms with Crippen molar-refractivity contribution in [3.63, 3.8) is 0 Å². The molecule has 0 aliphatic carbocycles. The van der Waals surface area contributed by atoms with Crippen LogP contribution in [0.25, 0.3) is 0 Å². The molecule has 0 spiro atoms. The largest absolute Gasteiger partial charge is 0.416 e. The normalized spacial score (nSPS) is 13.9. The molecular formula is C17H13F4NO. The Hall–Kier alpha value is -2.52. The molecule has 120 valence electrons. The zero-order chi connectivity index (χ0) is 17.1. The lowest BCUT2D eigenvalue weighted by molar-refractivity contribution is -0.137. The molecule has 2 nitrogen and oxygen atoms in total. The van der Waals surface area contributed by atoms with Crippen LogP contribution in [0, 0.1) is 18.2 Å². The van der Waals surface area contributed by atoms with Crippen LogP contribution in [0.15, 0.2) is 48.5 Å². The molecular weight excluding hydrogens is 310 g/mol. The molecule has 2 aromatic carbocycles. The summed E-state index contributed by atoms with van der Waals surface area (Å²) in [6.45, 7) is -0.518. The SMILES string of the molecule is C#C[C@@](CO)(Nc1ccc(C(F)(F)F)cc1)c1ccc(F)cc1. The van der Waals surface area contributed by atoms with Crippen molar-refractivity contribution in [1.29, 1.82) is 0 Å². The highest BCUT2D eigenvalue weighted by molar-refractivity contribution is 5.53. The van der Waals surface area contributed by atoms with Gasteiger partial charge in [-0.3, -0.25) is 0 Å². The first kappa shape index (κ1) is 16.8. The number of anilines is 1. The molecule has 0 aromatic heterocycles. The number of benzene rings is 2. The Morgan fingerprint density at radius 3 is 1.91 bits per heavy atom. The predicted octanol–water partition coefficient (Wildman–Crippen LogP) is 3.78. The molecule has 0 fully saturated rings. The van der Waals surface area contributed by atoms with E-state index in [1.165, 1.54) is 36.4 Å². The first-order chi connectivity index (χ1) is 10.8. The molecule has 0 bridgehead atoms. The second-order valence-corrected chi connectivity index (χ2v) is 4.91. The average Bonchev–Trinajstić information content (AvgIpc) is 2.53. The van der Waals surface area contributed by atoms with Gasteiger partial charge in [-0.15, -0.1) is 6.42 Å². The number of nitrogens with one attached hydrogen (secondary N) is 1. The van der Waals surface area contributed by atoms with Crippen molar-refractivity contribution >= 4 is 5.69 Å². The summed E-state index contributed by atoms with van der Waals surface area (Å²) in [4.78, 5) is 0. The molecule has 0 aliphatic heterocycles. The number of halogens is 4. The van der Waals surface area contributed by atoms with Gasteiger partial charge in [0.25, 0.3) is 0 Å². The molecule has 2 N–H and O–H groups in total. The van der Waals surface area contributed by atoms with Crippen molar-refractivity contribution in [2.75, 3.05) is 11.9 Å². The molecule has 0 saturated carbocycles. The summed E-state index contributed by atoms with van der Waals surface area (Å²) >= 11 is 0. The van der Waals surface area contributed by atoms with E-state index in [4.69, 9.17) is 6.42 Å². The van der Waals surface area contributed by atoms with E-state index in [1.807, 2.05) is 0 Å². The molecule has 0 unspecified atom stereocenters. The van der Waals surface area contributed by atoms with Crippen LogP contribution < -0.4 is 5.32 Å². The highest BCUT2D eigenvalue weighted by Gasteiger charge is 2.32. The molecule has 0 radical (unpaired) electrons. The molecule has 6 heteroatoms. The van der Waals surface area contributed by atoms with E-state index in [1.54, 1.807) is 0 Å². The van der Waals surface area contributed by atoms with Crippen LogP contribution >= 0.6 is 0 Å². The Balaban J connectivity index is 2.33. The smallest absolute Gasteiger partial charge is 0.393 e. The lowest BCUT2D eigenvalue weighted by Gasteiger charge is -2.29. The van der Waals surface area contributed by atoms with Crippen molar-refractivity contribution in [2.24, 2.45) is 0 Å². The van der Waals surface area contributed by atoms with Gasteiger partial charge in [0.1, 0.15) is 11.4 Å². The van der Waals surface area contributed by atoms with Gasteiger partial charge in [-0.05, 0) is 42.0 Å². The van der Waals surface area contributed by atoms with E-state index in [0.29, 0.717) is 11.3 Å². The third kappa shape index (κ3) is 3.63. The summed E-state index contributed by atoms with van der Waals surface area (Å²) in [6, 6.07) is 9.43. The first-order valence-electron chi connectivity index (χ1n) is 6.61. The number of terminal acetylenes is 1. The zero-order valence-corrected chi connectivity index (χ0v) is 11.9. The highest BCUT2D eigenvalue weighted by atomic mass is 19.4. The molecule has 0 heterocycles. The van der Waals surface area contributed by atoms with Gasteiger partial charge in [-0.1, -0.05) is 18.1 Å². The number of hydrogen-bond acceptors (Lipinski definition) is 2. The van der Waals surface area contributed by atoms with Crippen molar-refractivity contribution in [1.82, 2.24) is 0 Å². The van der Waals surface area contributed by atoms with E-state index in [0.717, 1.165) is 12.1 Å². The molecule has 0 amide bonds. The van der Waals surface area contributed by atoms with Crippen molar-refractivity contribution in [3.8, 4) is 12.3 Å². The Labute approximate surface area is 130 Å². The first-order valence-corrected chi connectivity index (χ1v) is 6.61. The molecule has 23 heavy (non-hydrogen) atoms. The number of aliphatic hydroxyl groups is 1. The fourth-order valence-electron chi connectivity index (χ4n) is 2.09. The number of alkyl halides is 3. The summed E-state index contributed by atoms with van der Waals surface area (Å²) in [6.07, 6.45) is 1.05. The van der Waals surface area contributed by atoms with Crippen LogP contribution in [-0.4, -0.2) is 11.7 Å². The van der Waals surface area contributed by atoms with E-state index < -0.39 is 29.7 Å². The van der Waals surface area contributed by atoms with Crippen LogP contribution in [-0.2, 0) is 11.7 Å². The van der Waals surface area contributed by atoms with Gasteiger partial charge in [-0.2, -0.15) is 13.2 Å². The maximum Gasteiger partial charge on any atom is 0.416 e. The maximum atomic E-state index is 13.0. The zero-order valence-electron chi connectivity index (χ0n) is 11.9. The average molecular weight is 323 g/mol. The molecule has 0 aliphatic rings. The summed E-state index contributed by atoms with van der Waals surface area (Å²) in [5, 5.41) is 12.5. The Morgan fingerprint density at radius 2 is 1.48 bits per heavy atom. The third-order valence-electron chi connectivity index (χ3n) is 3.39. The van der Waals surface area contributed by atoms with Gasteiger partial charge in [-0.25, -0.2) is 4.39 Å². The predicted molar refractivity (Wildman–Crippen MR) is 79.1 cm³/mol. The summed E-state index contributed by atoms with van der Waals surface area (Å²) in [5.41, 5.74) is -1.44. The van der Waals surface area contributed by atoms with Gasteiger partial charge < -0.3 is 10.4 Å². The van der Waals surface area contributed by atoms with Gasteiger partial charge in [0, 0.05) is 5.69 Å². The second-order valence-electron chi connectivity index (χ2n) is 4.91. The third-order valence-corrected chi connectivity index (χ3v) is 3.39. The lowest BCUT2D eigenvalue weighted by atomic mass is 9.91. The minimum absolute atomic E-state index is 0.300. The summed E-state index contributed by atoms with van der Waals surface area (Å²) in [7, 11) is 0. The minimum atomic E-state index is -4.43. The maximum absolute atomic E-state index is 13.0. The topological polar surface area (TPSA) is 32.3 Å². The molecule has 0 saturated heterocycles. The highest BCUT2D eigenvalue weighted by Crippen LogP contribution is 2.31. The monoisotopic (exact) mass is 323 g/mol. The van der Waals surface area contributed by atoms with Gasteiger partial charge in [0.2, 0.25) is 0 Å². The fourth-order valence-corrected chi connectivity index (χ4v) is 2.09. The Kier molecular flexibility index (Phi) is 4.62.